The first-order chi connectivity index (χ1) is 25.7. The van der Waals surface area contributed by atoms with Gasteiger partial charge in [0.15, 0.2) is 0 Å². The second-order valence-electron chi connectivity index (χ2n) is 15.3. The fraction of sp³-hybridized carbons (Fsp3) is 0.526. The van der Waals surface area contributed by atoms with Gasteiger partial charge in [0.25, 0.3) is 11.5 Å². The van der Waals surface area contributed by atoms with E-state index in [9.17, 15) is 32.3 Å². The SMILES string of the molecule is CN1C[C@H](Nc2cnn(C)c(=O)c2Cl)C[C@H](c2ccc(C(=O)N3CCC4(CC3)CCN(c3cc(C(F)(F)F)c(C5CCC(=O)NC5=O)cn3)CC4)cc2)C1. The fourth-order valence-corrected chi connectivity index (χ4v) is 8.84. The molecular formula is C38H44ClF3N8O4. The maximum absolute atomic E-state index is 14.2. The Morgan fingerprint density at radius 3 is 2.33 bits per heavy atom. The molecule has 0 aliphatic carbocycles. The number of halogens is 4. The number of nitrogens with one attached hydrogen (secondary N) is 2. The summed E-state index contributed by atoms with van der Waals surface area (Å²) in [5, 5.41) is 9.75. The molecule has 0 saturated carbocycles. The minimum atomic E-state index is -4.68. The highest BCUT2D eigenvalue weighted by molar-refractivity contribution is 6.32. The summed E-state index contributed by atoms with van der Waals surface area (Å²) in [6.45, 7) is 3.93. The topological polar surface area (TPSA) is 133 Å². The number of aromatic nitrogens is 3. The van der Waals surface area contributed by atoms with Crippen molar-refractivity contribution >= 4 is 40.8 Å². The van der Waals surface area contributed by atoms with Crippen molar-refractivity contribution in [1.82, 2.24) is 29.9 Å². The molecule has 2 N–H and O–H groups in total. The number of likely N-dealkylation sites (tertiary alicyclic amines) is 2. The van der Waals surface area contributed by atoms with Crippen LogP contribution in [0, 0.1) is 5.41 Å². The first-order valence-electron chi connectivity index (χ1n) is 18.4. The molecule has 3 atom stereocenters. The van der Waals surface area contributed by atoms with E-state index in [4.69, 9.17) is 11.6 Å². The van der Waals surface area contributed by atoms with E-state index in [1.165, 1.54) is 4.68 Å². The third kappa shape index (κ3) is 7.83. The fourth-order valence-electron chi connectivity index (χ4n) is 8.61. The number of hydrogen-bond donors (Lipinski definition) is 2. The number of benzene rings is 1. The molecule has 4 saturated heterocycles. The Kier molecular flexibility index (Phi) is 10.5. The first-order valence-corrected chi connectivity index (χ1v) is 18.8. The van der Waals surface area contributed by atoms with Gasteiger partial charge in [0, 0.05) is 70.5 Å². The Morgan fingerprint density at radius 2 is 1.67 bits per heavy atom. The third-order valence-electron chi connectivity index (χ3n) is 11.8. The van der Waals surface area contributed by atoms with Crippen molar-refractivity contribution in [2.45, 2.75) is 69.0 Å². The smallest absolute Gasteiger partial charge is 0.378 e. The number of carbonyl (C=O) groups excluding carboxylic acids is 3. The lowest BCUT2D eigenvalue weighted by Gasteiger charge is -2.47. The number of carbonyl (C=O) groups is 3. The van der Waals surface area contributed by atoms with E-state index in [0.717, 1.165) is 63.0 Å². The van der Waals surface area contributed by atoms with Crippen LogP contribution < -0.4 is 21.1 Å². The van der Waals surface area contributed by atoms with Crippen LogP contribution in [-0.4, -0.2) is 94.6 Å². The molecule has 3 amide bonds. The van der Waals surface area contributed by atoms with Crippen molar-refractivity contribution in [2.24, 2.45) is 12.5 Å². The highest BCUT2D eigenvalue weighted by Crippen LogP contribution is 2.44. The Bertz CT molecular complexity index is 1970. The van der Waals surface area contributed by atoms with Gasteiger partial charge in [-0.15, -0.1) is 0 Å². The predicted octanol–water partition coefficient (Wildman–Crippen LogP) is 4.79. The molecule has 1 unspecified atom stereocenters. The zero-order valence-electron chi connectivity index (χ0n) is 30.3. The zero-order valence-corrected chi connectivity index (χ0v) is 31.0. The van der Waals surface area contributed by atoms with Gasteiger partial charge in [0.05, 0.1) is 23.4 Å². The number of alkyl halides is 3. The second kappa shape index (κ2) is 15.0. The molecule has 4 aliphatic rings. The van der Waals surface area contributed by atoms with Crippen LogP contribution in [0.1, 0.15) is 83.8 Å². The zero-order chi connectivity index (χ0) is 38.4. The van der Waals surface area contributed by atoms with Gasteiger partial charge in [-0.05, 0) is 86.2 Å². The summed E-state index contributed by atoms with van der Waals surface area (Å²) < 4.78 is 43.8. The molecule has 4 aliphatic heterocycles. The minimum absolute atomic E-state index is 0.00120. The Balaban J connectivity index is 0.935. The first kappa shape index (κ1) is 37.8. The van der Waals surface area contributed by atoms with E-state index in [-0.39, 0.29) is 58.1 Å². The standard InChI is InChI=1S/C38H44ClF3N8O4/c1-47-21-25(17-26(22-47)45-30-20-44-48(2)36(54)33(30)39)23-3-5-24(6-4-23)35(53)50-15-11-37(12-16-50)9-13-49(14-10-37)31-18-29(38(40,41)42)28(19-43-31)27-7-8-32(51)46-34(27)52/h3-6,18-20,25-27,45H,7-17,21-22H2,1-2H3,(H,46,51,52)/t25-,26+,27?/m0/s1. The minimum Gasteiger partial charge on any atom is -0.378 e. The number of likely N-dealkylation sites (N-methyl/N-ethyl adjacent to an activating group) is 1. The van der Waals surface area contributed by atoms with E-state index < -0.39 is 29.5 Å². The van der Waals surface area contributed by atoms with Crippen LogP contribution in [0.25, 0.3) is 0 Å². The normalized spacial score (nSPS) is 23.7. The van der Waals surface area contributed by atoms with Crippen molar-refractivity contribution in [1.29, 1.82) is 0 Å². The van der Waals surface area contributed by atoms with Gasteiger partial charge in [0.1, 0.15) is 10.8 Å². The lowest BCUT2D eigenvalue weighted by Crippen LogP contribution is -2.48. The van der Waals surface area contributed by atoms with Crippen LogP contribution in [0.15, 0.2) is 47.5 Å². The maximum atomic E-state index is 14.2. The van der Waals surface area contributed by atoms with Gasteiger partial charge >= 0.3 is 6.18 Å². The van der Waals surface area contributed by atoms with Crippen LogP contribution in [0.3, 0.4) is 0 Å². The van der Waals surface area contributed by atoms with Crippen molar-refractivity contribution in [3.63, 3.8) is 0 Å². The van der Waals surface area contributed by atoms with Crippen molar-refractivity contribution in [3.05, 3.63) is 80.4 Å². The Hall–Kier alpha value is -4.50. The van der Waals surface area contributed by atoms with Gasteiger partial charge in [-0.25, -0.2) is 9.67 Å². The molecule has 1 aromatic carbocycles. The number of amides is 3. The number of piperidine rings is 4. The molecule has 0 radical (unpaired) electrons. The molecule has 7 rings (SSSR count). The lowest BCUT2D eigenvalue weighted by molar-refractivity contribution is -0.139. The summed E-state index contributed by atoms with van der Waals surface area (Å²) in [5.41, 5.74) is 0.827. The quantitative estimate of drug-likeness (QED) is 0.340. The molecule has 3 aromatic rings. The molecule has 12 nitrogen and oxygen atoms in total. The van der Waals surface area contributed by atoms with E-state index >= 15 is 0 Å². The predicted molar refractivity (Wildman–Crippen MR) is 197 cm³/mol. The number of imide groups is 1. The summed E-state index contributed by atoms with van der Waals surface area (Å²) in [6.07, 6.45) is 2.03. The number of hydrogen-bond acceptors (Lipinski definition) is 9. The lowest BCUT2D eigenvalue weighted by atomic mass is 9.71. The van der Waals surface area contributed by atoms with Crippen molar-refractivity contribution < 1.29 is 27.6 Å². The van der Waals surface area contributed by atoms with E-state index in [1.807, 2.05) is 34.1 Å². The van der Waals surface area contributed by atoms with E-state index in [1.54, 1.807) is 13.2 Å². The molecule has 1 spiro atoms. The van der Waals surface area contributed by atoms with Crippen LogP contribution in [0.4, 0.5) is 24.7 Å². The number of pyridine rings is 1. The largest absolute Gasteiger partial charge is 0.416 e. The maximum Gasteiger partial charge on any atom is 0.416 e. The van der Waals surface area contributed by atoms with Crippen LogP contribution in [-0.2, 0) is 22.8 Å². The number of nitrogens with zero attached hydrogens (tertiary/aromatic N) is 6. The van der Waals surface area contributed by atoms with Gasteiger partial charge in [-0.2, -0.15) is 18.3 Å². The Labute approximate surface area is 316 Å². The summed E-state index contributed by atoms with van der Waals surface area (Å²) in [5.74, 6) is -1.87. The van der Waals surface area contributed by atoms with E-state index in [0.29, 0.717) is 37.4 Å². The molecular weight excluding hydrogens is 725 g/mol. The van der Waals surface area contributed by atoms with E-state index in [2.05, 4.69) is 32.7 Å². The van der Waals surface area contributed by atoms with Crippen LogP contribution in [0.2, 0.25) is 5.02 Å². The van der Waals surface area contributed by atoms with Crippen molar-refractivity contribution in [3.8, 4) is 0 Å². The summed E-state index contributed by atoms with van der Waals surface area (Å²) in [6, 6.07) is 8.93. The molecule has 288 valence electrons. The average Bonchev–Trinajstić information content (AvgIpc) is 3.15. The Morgan fingerprint density at radius 1 is 0.981 bits per heavy atom. The molecule has 54 heavy (non-hydrogen) atoms. The van der Waals surface area contributed by atoms with Crippen LogP contribution in [0.5, 0.6) is 0 Å². The van der Waals surface area contributed by atoms with Gasteiger partial charge in [0.2, 0.25) is 11.8 Å². The van der Waals surface area contributed by atoms with Gasteiger partial charge in [-0.1, -0.05) is 23.7 Å². The monoisotopic (exact) mass is 768 g/mol. The van der Waals surface area contributed by atoms with Gasteiger partial charge in [-0.3, -0.25) is 24.5 Å². The third-order valence-corrected chi connectivity index (χ3v) is 12.2. The number of aryl methyl sites for hydroxylation is 1. The second-order valence-corrected chi connectivity index (χ2v) is 15.7. The molecule has 4 fully saturated rings. The van der Waals surface area contributed by atoms with Crippen LogP contribution >= 0.6 is 11.6 Å². The van der Waals surface area contributed by atoms with Gasteiger partial charge < -0.3 is 20.0 Å². The number of anilines is 2. The summed E-state index contributed by atoms with van der Waals surface area (Å²) in [7, 11) is 3.61. The molecule has 6 heterocycles. The molecule has 0 bridgehead atoms. The average molecular weight is 769 g/mol. The highest BCUT2D eigenvalue weighted by atomic mass is 35.5. The number of rotatable bonds is 6. The molecule has 16 heteroatoms. The van der Waals surface area contributed by atoms with Crippen molar-refractivity contribution in [2.75, 3.05) is 56.5 Å². The molecule has 2 aromatic heterocycles. The summed E-state index contributed by atoms with van der Waals surface area (Å²) in [4.78, 5) is 60.1. The highest BCUT2D eigenvalue weighted by Gasteiger charge is 2.42. The summed E-state index contributed by atoms with van der Waals surface area (Å²) >= 11 is 6.30.